The highest BCUT2D eigenvalue weighted by molar-refractivity contribution is 6.05. The molecule has 0 amide bonds. The molecule has 0 N–H and O–H groups in total. The van der Waals surface area contributed by atoms with Crippen molar-refractivity contribution in [3.8, 4) is 11.5 Å². The number of hydrogen-bond acceptors (Lipinski definition) is 4. The van der Waals surface area contributed by atoms with Gasteiger partial charge in [0.15, 0.2) is 17.4 Å². The quantitative estimate of drug-likeness (QED) is 0.245. The highest BCUT2D eigenvalue weighted by Crippen LogP contribution is 2.29. The molecule has 0 unspecified atom stereocenters. The van der Waals surface area contributed by atoms with Crippen LogP contribution in [-0.2, 0) is 13.7 Å². The van der Waals surface area contributed by atoms with Gasteiger partial charge in [0.1, 0.15) is 18.1 Å². The summed E-state index contributed by atoms with van der Waals surface area (Å²) in [5.74, 6) is -7.57. The van der Waals surface area contributed by atoms with Crippen molar-refractivity contribution in [2.75, 3.05) is 7.11 Å². The number of benzene rings is 2. The van der Waals surface area contributed by atoms with Crippen molar-refractivity contribution in [2.45, 2.75) is 6.61 Å². The van der Waals surface area contributed by atoms with Crippen molar-refractivity contribution in [2.24, 2.45) is 7.05 Å². The van der Waals surface area contributed by atoms with E-state index in [1.807, 2.05) is 0 Å². The van der Waals surface area contributed by atoms with Crippen LogP contribution in [-0.4, -0.2) is 22.7 Å². The molecule has 1 aromatic heterocycles. The Hall–Kier alpha value is -3.62. The predicted octanol–water partition coefficient (Wildman–Crippen LogP) is 4.46. The minimum atomic E-state index is -1.63. The van der Waals surface area contributed by atoms with E-state index < -0.39 is 35.6 Å². The minimum absolute atomic E-state index is 0.0993. The number of nitrogens with zero attached hydrogens (tertiary/aromatic N) is 2. The Morgan fingerprint density at radius 3 is 2.40 bits per heavy atom. The molecule has 0 aliphatic rings. The van der Waals surface area contributed by atoms with Crippen molar-refractivity contribution in [1.29, 1.82) is 0 Å². The van der Waals surface area contributed by atoms with Crippen LogP contribution in [0.4, 0.5) is 17.6 Å². The molecule has 0 radical (unpaired) electrons. The smallest absolute Gasteiger partial charge is 0.206 e. The Kier molecular flexibility index (Phi) is 6.20. The number of ketones is 1. The molecule has 2 aromatic carbocycles. The van der Waals surface area contributed by atoms with E-state index in [4.69, 9.17) is 9.47 Å². The zero-order chi connectivity index (χ0) is 21.8. The molecule has 0 fully saturated rings. The molecule has 1 heterocycles. The minimum Gasteiger partial charge on any atom is -0.496 e. The first-order valence-electron chi connectivity index (χ1n) is 8.65. The van der Waals surface area contributed by atoms with Gasteiger partial charge >= 0.3 is 0 Å². The van der Waals surface area contributed by atoms with Crippen molar-refractivity contribution < 1.29 is 31.8 Å². The van der Waals surface area contributed by atoms with E-state index in [2.05, 4.69) is 5.10 Å². The number of aryl methyl sites for hydroxylation is 1. The lowest BCUT2D eigenvalue weighted by molar-refractivity contribution is 0.104. The monoisotopic (exact) mass is 420 g/mol. The maximum atomic E-state index is 13.8. The topological polar surface area (TPSA) is 53.4 Å². The van der Waals surface area contributed by atoms with Gasteiger partial charge in [0.25, 0.3) is 0 Å². The first-order chi connectivity index (χ1) is 14.3. The van der Waals surface area contributed by atoms with Gasteiger partial charge in [-0.2, -0.15) is 13.9 Å². The Balaban J connectivity index is 1.82. The van der Waals surface area contributed by atoms with E-state index in [0.717, 1.165) is 0 Å². The largest absolute Gasteiger partial charge is 0.496 e. The summed E-state index contributed by atoms with van der Waals surface area (Å²) in [6.45, 7) is -0.435. The van der Waals surface area contributed by atoms with E-state index >= 15 is 0 Å². The SMILES string of the molecule is COc1ccc(/C=C/C(=O)c2ccn(C)n2)cc1COc1c(F)c(F)cc(F)c1F. The second kappa shape index (κ2) is 8.81. The molecule has 156 valence electrons. The number of carbonyl (C=O) groups excluding carboxylic acids is 1. The first-order valence-corrected chi connectivity index (χ1v) is 8.65. The van der Waals surface area contributed by atoms with Crippen molar-refractivity contribution in [1.82, 2.24) is 9.78 Å². The standard InChI is InChI=1S/C21H16F4N2O3/c1-27-8-7-16(26-27)17(28)5-3-12-4-6-18(29-2)13(9-12)11-30-21-19(24)14(22)10-15(23)20(21)25/h3-10H,11H2,1-2H3/b5-3+. The van der Waals surface area contributed by atoms with E-state index in [0.29, 0.717) is 16.9 Å². The van der Waals surface area contributed by atoms with E-state index in [1.165, 1.54) is 23.9 Å². The fourth-order valence-corrected chi connectivity index (χ4v) is 2.65. The first kappa shape index (κ1) is 21.1. The van der Waals surface area contributed by atoms with Crippen molar-refractivity contribution in [3.05, 3.63) is 82.7 Å². The molecule has 0 bridgehead atoms. The summed E-state index contributed by atoms with van der Waals surface area (Å²) in [4.78, 5) is 12.1. The van der Waals surface area contributed by atoms with Crippen molar-refractivity contribution in [3.63, 3.8) is 0 Å². The van der Waals surface area contributed by atoms with Gasteiger partial charge in [0, 0.05) is 24.9 Å². The maximum Gasteiger partial charge on any atom is 0.206 e. The Morgan fingerprint density at radius 2 is 1.80 bits per heavy atom. The second-order valence-corrected chi connectivity index (χ2v) is 6.23. The molecule has 0 atom stereocenters. The molecule has 0 aliphatic heterocycles. The molecule has 30 heavy (non-hydrogen) atoms. The van der Waals surface area contributed by atoms with E-state index in [1.54, 1.807) is 37.5 Å². The van der Waals surface area contributed by atoms with Gasteiger partial charge in [-0.15, -0.1) is 0 Å². The molecular weight excluding hydrogens is 404 g/mol. The number of carbonyl (C=O) groups is 1. The van der Waals surface area contributed by atoms with Crippen LogP contribution in [0, 0.1) is 23.3 Å². The highest BCUT2D eigenvalue weighted by Gasteiger charge is 2.21. The Labute approximate surface area is 169 Å². The van der Waals surface area contributed by atoms with Crippen LogP contribution < -0.4 is 9.47 Å². The molecule has 3 rings (SSSR count). The highest BCUT2D eigenvalue weighted by atomic mass is 19.2. The zero-order valence-corrected chi connectivity index (χ0v) is 16.0. The summed E-state index contributed by atoms with van der Waals surface area (Å²) in [5, 5.41) is 4.01. The molecule has 9 heteroatoms. The van der Waals surface area contributed by atoms with Gasteiger partial charge in [-0.1, -0.05) is 12.1 Å². The normalized spacial score (nSPS) is 11.1. The lowest BCUT2D eigenvalue weighted by Gasteiger charge is -2.13. The van der Waals surface area contributed by atoms with Crippen LogP contribution in [0.3, 0.4) is 0 Å². The number of rotatable bonds is 7. The number of methoxy groups -OCH3 is 1. The summed E-state index contributed by atoms with van der Waals surface area (Å²) in [6.07, 6.45) is 4.47. The second-order valence-electron chi connectivity index (χ2n) is 6.23. The lowest BCUT2D eigenvalue weighted by Crippen LogP contribution is -2.05. The third-order valence-corrected chi connectivity index (χ3v) is 4.14. The van der Waals surface area contributed by atoms with Gasteiger partial charge in [-0.3, -0.25) is 9.48 Å². The number of ether oxygens (including phenoxy) is 2. The lowest BCUT2D eigenvalue weighted by atomic mass is 10.1. The molecular formula is C21H16F4N2O3. The summed E-state index contributed by atoms with van der Waals surface area (Å²) in [5.41, 5.74) is 1.17. The van der Waals surface area contributed by atoms with Crippen molar-refractivity contribution >= 4 is 11.9 Å². The zero-order valence-electron chi connectivity index (χ0n) is 16.0. The molecule has 0 saturated heterocycles. The van der Waals surface area contributed by atoms with Crippen LogP contribution in [0.5, 0.6) is 11.5 Å². The summed E-state index contributed by atoms with van der Waals surface area (Å²) in [6, 6.07) is 6.42. The fourth-order valence-electron chi connectivity index (χ4n) is 2.65. The number of aromatic nitrogens is 2. The van der Waals surface area contributed by atoms with Gasteiger partial charge < -0.3 is 9.47 Å². The molecule has 0 spiro atoms. The average molecular weight is 420 g/mol. The number of hydrogen-bond donors (Lipinski definition) is 0. The molecule has 0 saturated carbocycles. The van der Waals surface area contributed by atoms with Gasteiger partial charge in [0.2, 0.25) is 17.4 Å². The van der Waals surface area contributed by atoms with Crippen LogP contribution in [0.2, 0.25) is 0 Å². The Morgan fingerprint density at radius 1 is 1.10 bits per heavy atom. The molecule has 3 aromatic rings. The number of halogens is 4. The summed E-state index contributed by atoms with van der Waals surface area (Å²) >= 11 is 0. The van der Waals surface area contributed by atoms with E-state index in [9.17, 15) is 22.4 Å². The summed E-state index contributed by atoms with van der Waals surface area (Å²) in [7, 11) is 3.06. The maximum absolute atomic E-state index is 13.8. The van der Waals surface area contributed by atoms with Crippen LogP contribution >= 0.6 is 0 Å². The molecule has 0 aliphatic carbocycles. The fraction of sp³-hybridized carbons (Fsp3) is 0.143. The van der Waals surface area contributed by atoms with E-state index in [-0.39, 0.29) is 17.5 Å². The molecule has 5 nitrogen and oxygen atoms in total. The van der Waals surface area contributed by atoms with Gasteiger partial charge in [0.05, 0.1) is 7.11 Å². The average Bonchev–Trinajstić information content (AvgIpc) is 3.17. The van der Waals surface area contributed by atoms with Gasteiger partial charge in [-0.25, -0.2) is 8.78 Å². The third kappa shape index (κ3) is 4.51. The number of allylic oxidation sites excluding steroid dienone is 1. The van der Waals surface area contributed by atoms with Crippen LogP contribution in [0.1, 0.15) is 21.6 Å². The van der Waals surface area contributed by atoms with Gasteiger partial charge in [-0.05, 0) is 29.8 Å². The summed E-state index contributed by atoms with van der Waals surface area (Å²) < 4.78 is 65.9. The van der Waals surface area contributed by atoms with Crippen LogP contribution in [0.15, 0.2) is 42.6 Å². The van der Waals surface area contributed by atoms with Crippen LogP contribution in [0.25, 0.3) is 6.08 Å². The predicted molar refractivity (Wildman–Crippen MR) is 100 cm³/mol. The Bertz CT molecular complexity index is 1100. The third-order valence-electron chi connectivity index (χ3n) is 4.14.